The van der Waals surface area contributed by atoms with Crippen molar-refractivity contribution in [3.63, 3.8) is 0 Å². The summed E-state index contributed by atoms with van der Waals surface area (Å²) in [5, 5.41) is 4.17. The predicted molar refractivity (Wildman–Crippen MR) is 61.5 cm³/mol. The predicted octanol–water partition coefficient (Wildman–Crippen LogP) is 1.84. The van der Waals surface area contributed by atoms with Crippen LogP contribution in [0.25, 0.3) is 0 Å². The maximum Gasteiger partial charge on any atom is 0.128 e. The van der Waals surface area contributed by atoms with Crippen LogP contribution in [0.15, 0.2) is 5.16 Å². The molecule has 0 saturated heterocycles. The van der Waals surface area contributed by atoms with Crippen molar-refractivity contribution in [1.82, 2.24) is 0 Å². The largest absolute Gasteiger partial charge is 0.395 e. The number of nitrogens with zero attached hydrogens (tertiary/aromatic N) is 1. The second-order valence-electron chi connectivity index (χ2n) is 5.25. The summed E-state index contributed by atoms with van der Waals surface area (Å²) in [6.07, 6.45) is 1.94. The molecule has 2 rings (SSSR count). The van der Waals surface area contributed by atoms with E-state index in [-0.39, 0.29) is 11.0 Å². The van der Waals surface area contributed by atoms with E-state index >= 15 is 0 Å². The van der Waals surface area contributed by atoms with Crippen LogP contribution in [0, 0.1) is 11.3 Å². The third-order valence-corrected chi connectivity index (χ3v) is 4.36. The van der Waals surface area contributed by atoms with Crippen LogP contribution in [-0.2, 0) is 14.3 Å². The quantitative estimate of drug-likeness (QED) is 0.738. The maximum atomic E-state index is 5.73. The van der Waals surface area contributed by atoms with Crippen molar-refractivity contribution in [3.05, 3.63) is 0 Å². The molecule has 0 spiro atoms. The van der Waals surface area contributed by atoms with Gasteiger partial charge in [0.05, 0.1) is 23.3 Å². The van der Waals surface area contributed by atoms with Crippen LogP contribution in [0.4, 0.5) is 0 Å². The summed E-state index contributed by atoms with van der Waals surface area (Å²) in [4.78, 5) is 5.29. The average Bonchev–Trinajstić information content (AvgIpc) is 2.65. The first-order valence-corrected chi connectivity index (χ1v) is 5.80. The second kappa shape index (κ2) is 4.00. The molecule has 4 heteroatoms. The topological polar surface area (TPSA) is 40.0 Å². The fraction of sp³-hybridized carbons (Fsp3) is 0.917. The molecule has 3 atom stereocenters. The Balaban J connectivity index is 2.32. The molecule has 16 heavy (non-hydrogen) atoms. The molecule has 2 aliphatic rings. The lowest BCUT2D eigenvalue weighted by atomic mass is 9.60. The van der Waals surface area contributed by atoms with Gasteiger partial charge in [-0.3, -0.25) is 0 Å². The highest BCUT2D eigenvalue weighted by atomic mass is 16.6. The van der Waals surface area contributed by atoms with Gasteiger partial charge in [-0.2, -0.15) is 0 Å². The van der Waals surface area contributed by atoms with Crippen molar-refractivity contribution >= 4 is 5.71 Å². The first-order valence-electron chi connectivity index (χ1n) is 5.80. The van der Waals surface area contributed by atoms with Gasteiger partial charge in [0, 0.05) is 20.1 Å². The summed E-state index contributed by atoms with van der Waals surface area (Å²) in [6.45, 7) is 5.70. The van der Waals surface area contributed by atoms with E-state index in [1.165, 1.54) is 5.71 Å². The molecule has 1 aliphatic heterocycles. The van der Waals surface area contributed by atoms with Crippen LogP contribution in [0.3, 0.4) is 0 Å². The van der Waals surface area contributed by atoms with Crippen molar-refractivity contribution in [1.29, 1.82) is 0 Å². The first kappa shape index (κ1) is 11.9. The van der Waals surface area contributed by atoms with E-state index in [1.54, 1.807) is 14.2 Å². The van der Waals surface area contributed by atoms with Crippen molar-refractivity contribution < 1.29 is 14.3 Å². The van der Waals surface area contributed by atoms with Gasteiger partial charge in [0.1, 0.15) is 6.61 Å². The molecule has 0 bridgehead atoms. The SMILES string of the molecule is COC[C@H]1[C@@]2(C)CON=C2CC[C@]1(C)OC. The molecular formula is C12H21NO3. The van der Waals surface area contributed by atoms with Crippen molar-refractivity contribution in [3.8, 4) is 0 Å². The fourth-order valence-electron chi connectivity index (χ4n) is 3.05. The van der Waals surface area contributed by atoms with E-state index in [9.17, 15) is 0 Å². The standard InChI is InChI=1S/C12H21NO3/c1-11-8-16-13-10(11)5-6-12(2,15-4)9(11)7-14-3/h9H,5-8H2,1-4H3/t9-,11+,12-/m0/s1. The zero-order valence-corrected chi connectivity index (χ0v) is 10.6. The molecule has 0 aromatic heterocycles. The van der Waals surface area contributed by atoms with Gasteiger partial charge in [0.2, 0.25) is 0 Å². The highest BCUT2D eigenvalue weighted by Crippen LogP contribution is 2.48. The van der Waals surface area contributed by atoms with Crippen LogP contribution >= 0.6 is 0 Å². The van der Waals surface area contributed by atoms with E-state index in [0.717, 1.165) is 12.8 Å². The molecule has 0 unspecified atom stereocenters. The van der Waals surface area contributed by atoms with Crippen molar-refractivity contribution in [2.75, 3.05) is 27.4 Å². The minimum atomic E-state index is -0.141. The Labute approximate surface area is 96.9 Å². The molecule has 1 heterocycles. The lowest BCUT2D eigenvalue weighted by Gasteiger charge is -2.48. The van der Waals surface area contributed by atoms with Crippen LogP contribution in [0.2, 0.25) is 0 Å². The Morgan fingerprint density at radius 1 is 1.44 bits per heavy atom. The summed E-state index contributed by atoms with van der Waals surface area (Å²) >= 11 is 0. The van der Waals surface area contributed by atoms with E-state index < -0.39 is 0 Å². The number of hydrogen-bond acceptors (Lipinski definition) is 4. The van der Waals surface area contributed by atoms with Gasteiger partial charge in [-0.05, 0) is 19.8 Å². The third kappa shape index (κ3) is 1.55. The highest BCUT2D eigenvalue weighted by Gasteiger charge is 2.55. The summed E-state index contributed by atoms with van der Waals surface area (Å²) in [5.41, 5.74) is 1.00. The van der Waals surface area contributed by atoms with Crippen molar-refractivity contribution in [2.24, 2.45) is 16.5 Å². The van der Waals surface area contributed by atoms with Crippen LogP contribution in [-0.4, -0.2) is 38.7 Å². The highest BCUT2D eigenvalue weighted by molar-refractivity contribution is 5.92. The fourth-order valence-corrected chi connectivity index (χ4v) is 3.05. The minimum Gasteiger partial charge on any atom is -0.395 e. The summed E-state index contributed by atoms with van der Waals surface area (Å²) in [6, 6.07) is 0. The monoisotopic (exact) mass is 227 g/mol. The summed E-state index contributed by atoms with van der Waals surface area (Å²) < 4.78 is 11.1. The van der Waals surface area contributed by atoms with Gasteiger partial charge in [-0.15, -0.1) is 0 Å². The van der Waals surface area contributed by atoms with E-state index in [1.807, 2.05) is 0 Å². The average molecular weight is 227 g/mol. The Hall–Kier alpha value is -0.610. The van der Waals surface area contributed by atoms with Crippen LogP contribution in [0.1, 0.15) is 26.7 Å². The molecule has 0 amide bonds. The Bertz CT molecular complexity index is 305. The maximum absolute atomic E-state index is 5.73. The molecule has 0 N–H and O–H groups in total. The smallest absolute Gasteiger partial charge is 0.128 e. The number of rotatable bonds is 3. The van der Waals surface area contributed by atoms with Gasteiger partial charge in [0.15, 0.2) is 0 Å². The number of hydrogen-bond donors (Lipinski definition) is 0. The molecular weight excluding hydrogens is 206 g/mol. The van der Waals surface area contributed by atoms with Gasteiger partial charge in [-0.1, -0.05) is 12.1 Å². The molecule has 92 valence electrons. The van der Waals surface area contributed by atoms with E-state index in [2.05, 4.69) is 19.0 Å². The number of fused-ring (bicyclic) bond motifs is 1. The summed E-state index contributed by atoms with van der Waals surface area (Å²) in [5.74, 6) is 0.296. The minimum absolute atomic E-state index is 0.0287. The second-order valence-corrected chi connectivity index (χ2v) is 5.25. The summed E-state index contributed by atoms with van der Waals surface area (Å²) in [7, 11) is 3.52. The van der Waals surface area contributed by atoms with Crippen LogP contribution < -0.4 is 0 Å². The third-order valence-electron chi connectivity index (χ3n) is 4.36. The number of ether oxygens (including phenoxy) is 2. The molecule has 0 radical (unpaired) electrons. The van der Waals surface area contributed by atoms with E-state index in [4.69, 9.17) is 14.3 Å². The molecule has 0 aromatic rings. The normalized spacial score (nSPS) is 42.5. The lowest BCUT2D eigenvalue weighted by molar-refractivity contribution is -0.114. The molecule has 0 aromatic carbocycles. The molecule has 4 nitrogen and oxygen atoms in total. The number of oxime groups is 1. The van der Waals surface area contributed by atoms with Crippen LogP contribution in [0.5, 0.6) is 0 Å². The first-order chi connectivity index (χ1) is 7.57. The Morgan fingerprint density at radius 2 is 2.19 bits per heavy atom. The molecule has 1 saturated carbocycles. The zero-order chi connectivity index (χ0) is 11.8. The molecule has 1 aliphatic carbocycles. The molecule has 1 fully saturated rings. The van der Waals surface area contributed by atoms with Gasteiger partial charge >= 0.3 is 0 Å². The Morgan fingerprint density at radius 3 is 2.81 bits per heavy atom. The Kier molecular flexibility index (Phi) is 2.97. The zero-order valence-electron chi connectivity index (χ0n) is 10.6. The van der Waals surface area contributed by atoms with E-state index in [0.29, 0.717) is 19.1 Å². The van der Waals surface area contributed by atoms with Gasteiger partial charge in [0.25, 0.3) is 0 Å². The lowest BCUT2D eigenvalue weighted by Crippen LogP contribution is -2.55. The van der Waals surface area contributed by atoms with Gasteiger partial charge < -0.3 is 14.3 Å². The van der Waals surface area contributed by atoms with Gasteiger partial charge in [-0.25, -0.2) is 0 Å². The number of methoxy groups -OCH3 is 2. The van der Waals surface area contributed by atoms with Crippen molar-refractivity contribution in [2.45, 2.75) is 32.3 Å².